The van der Waals surface area contributed by atoms with E-state index in [2.05, 4.69) is 63.3 Å². The largest absolute Gasteiger partial charge is 0.497 e. The molecule has 0 aromatic heterocycles. The molecule has 1 N–H and O–H groups in total. The first kappa shape index (κ1) is 15.6. The van der Waals surface area contributed by atoms with Crippen LogP contribution in [0, 0.1) is 13.8 Å². The Kier molecular flexibility index (Phi) is 5.03. The number of hydrogen-bond acceptors (Lipinski definition) is 2. The van der Waals surface area contributed by atoms with Gasteiger partial charge in [-0.15, -0.1) is 0 Å². The zero-order chi connectivity index (χ0) is 15.4. The molecule has 0 heterocycles. The molecule has 0 saturated heterocycles. The van der Waals surface area contributed by atoms with Crippen molar-refractivity contribution in [2.45, 2.75) is 39.8 Å². The van der Waals surface area contributed by atoms with Crippen LogP contribution >= 0.6 is 0 Å². The lowest BCUT2D eigenvalue weighted by Crippen LogP contribution is -2.23. The first-order valence-electron chi connectivity index (χ1n) is 7.48. The van der Waals surface area contributed by atoms with Crippen LogP contribution in [0.5, 0.6) is 5.75 Å². The molecule has 2 atom stereocenters. The highest BCUT2D eigenvalue weighted by Crippen LogP contribution is 2.23. The average Bonchev–Trinajstić information content (AvgIpc) is 2.47. The molecule has 0 saturated carbocycles. The van der Waals surface area contributed by atoms with Gasteiger partial charge in [0.05, 0.1) is 7.11 Å². The van der Waals surface area contributed by atoms with Crippen molar-refractivity contribution in [1.82, 2.24) is 5.32 Å². The molecule has 2 heteroatoms. The Morgan fingerprint density at radius 3 is 2.14 bits per heavy atom. The van der Waals surface area contributed by atoms with E-state index in [4.69, 9.17) is 4.74 Å². The highest BCUT2D eigenvalue weighted by Gasteiger charge is 2.13. The minimum absolute atomic E-state index is 0.298. The van der Waals surface area contributed by atoms with Gasteiger partial charge in [0, 0.05) is 12.1 Å². The standard InChI is InChI=1S/C19H25NO/c1-13-6-11-19(14(2)12-13)16(4)20-15(3)17-7-9-18(21-5)10-8-17/h6-12,15-16,20H,1-5H3. The summed E-state index contributed by atoms with van der Waals surface area (Å²) in [7, 11) is 1.69. The smallest absolute Gasteiger partial charge is 0.118 e. The Morgan fingerprint density at radius 1 is 0.905 bits per heavy atom. The monoisotopic (exact) mass is 283 g/mol. The third-order valence-electron chi connectivity index (χ3n) is 4.01. The van der Waals surface area contributed by atoms with E-state index >= 15 is 0 Å². The minimum atomic E-state index is 0.298. The molecule has 0 radical (unpaired) electrons. The number of nitrogens with one attached hydrogen (secondary N) is 1. The van der Waals surface area contributed by atoms with Crippen LogP contribution in [0.25, 0.3) is 0 Å². The van der Waals surface area contributed by atoms with Crippen molar-refractivity contribution in [1.29, 1.82) is 0 Å². The van der Waals surface area contributed by atoms with Gasteiger partial charge in [0.25, 0.3) is 0 Å². The molecule has 112 valence electrons. The number of aryl methyl sites for hydroxylation is 2. The van der Waals surface area contributed by atoms with Crippen molar-refractivity contribution >= 4 is 0 Å². The van der Waals surface area contributed by atoms with Crippen LogP contribution in [0.15, 0.2) is 42.5 Å². The molecular formula is C19H25NO. The van der Waals surface area contributed by atoms with Gasteiger partial charge in [0.2, 0.25) is 0 Å². The van der Waals surface area contributed by atoms with E-state index in [0.717, 1.165) is 5.75 Å². The van der Waals surface area contributed by atoms with Crippen LogP contribution in [0.3, 0.4) is 0 Å². The quantitative estimate of drug-likeness (QED) is 0.857. The average molecular weight is 283 g/mol. The van der Waals surface area contributed by atoms with Gasteiger partial charge in [-0.3, -0.25) is 0 Å². The van der Waals surface area contributed by atoms with Crippen LogP contribution in [0.1, 0.15) is 48.2 Å². The van der Waals surface area contributed by atoms with Crippen LogP contribution in [0.4, 0.5) is 0 Å². The lowest BCUT2D eigenvalue weighted by atomic mass is 9.99. The molecule has 0 aliphatic rings. The highest BCUT2D eigenvalue weighted by molar-refractivity contribution is 5.33. The Labute approximate surface area is 128 Å². The maximum Gasteiger partial charge on any atom is 0.118 e. The normalized spacial score (nSPS) is 13.8. The van der Waals surface area contributed by atoms with E-state index in [1.807, 2.05) is 12.1 Å². The lowest BCUT2D eigenvalue weighted by Gasteiger charge is -2.22. The van der Waals surface area contributed by atoms with Crippen LogP contribution < -0.4 is 10.1 Å². The van der Waals surface area contributed by atoms with Crippen molar-refractivity contribution in [3.8, 4) is 5.75 Å². The van der Waals surface area contributed by atoms with Gasteiger partial charge in [0.1, 0.15) is 5.75 Å². The second-order valence-electron chi connectivity index (χ2n) is 5.74. The van der Waals surface area contributed by atoms with E-state index < -0.39 is 0 Å². The molecule has 0 aliphatic carbocycles. The summed E-state index contributed by atoms with van der Waals surface area (Å²) in [6.45, 7) is 8.73. The predicted molar refractivity (Wildman–Crippen MR) is 88.9 cm³/mol. The summed E-state index contributed by atoms with van der Waals surface area (Å²) in [5.74, 6) is 0.897. The van der Waals surface area contributed by atoms with Gasteiger partial charge < -0.3 is 10.1 Å². The molecule has 0 aliphatic heterocycles. The van der Waals surface area contributed by atoms with E-state index in [9.17, 15) is 0 Å². The minimum Gasteiger partial charge on any atom is -0.497 e. The summed E-state index contributed by atoms with van der Waals surface area (Å²) in [6.07, 6.45) is 0. The van der Waals surface area contributed by atoms with E-state index in [1.165, 1.54) is 22.3 Å². The van der Waals surface area contributed by atoms with Crippen molar-refractivity contribution in [2.75, 3.05) is 7.11 Å². The van der Waals surface area contributed by atoms with Crippen molar-refractivity contribution in [2.24, 2.45) is 0 Å². The van der Waals surface area contributed by atoms with Gasteiger partial charge in [-0.2, -0.15) is 0 Å². The molecule has 2 aromatic carbocycles. The van der Waals surface area contributed by atoms with Gasteiger partial charge >= 0.3 is 0 Å². The Morgan fingerprint density at radius 2 is 1.57 bits per heavy atom. The number of ether oxygens (including phenoxy) is 1. The summed E-state index contributed by atoms with van der Waals surface area (Å²) in [6, 6.07) is 15.5. The van der Waals surface area contributed by atoms with E-state index in [1.54, 1.807) is 7.11 Å². The van der Waals surface area contributed by atoms with Crippen molar-refractivity contribution < 1.29 is 4.74 Å². The fraction of sp³-hybridized carbons (Fsp3) is 0.368. The summed E-state index contributed by atoms with van der Waals surface area (Å²) >= 11 is 0. The molecule has 21 heavy (non-hydrogen) atoms. The third kappa shape index (κ3) is 3.85. The molecule has 2 rings (SSSR count). The second kappa shape index (κ2) is 6.77. The zero-order valence-electron chi connectivity index (χ0n) is 13.6. The fourth-order valence-corrected chi connectivity index (χ4v) is 2.77. The van der Waals surface area contributed by atoms with Gasteiger partial charge in [-0.1, -0.05) is 35.9 Å². The maximum absolute atomic E-state index is 5.21. The Hall–Kier alpha value is -1.80. The van der Waals surface area contributed by atoms with Crippen molar-refractivity contribution in [3.05, 3.63) is 64.7 Å². The van der Waals surface area contributed by atoms with Crippen LogP contribution in [-0.2, 0) is 0 Å². The first-order valence-corrected chi connectivity index (χ1v) is 7.48. The zero-order valence-corrected chi connectivity index (χ0v) is 13.6. The van der Waals surface area contributed by atoms with Gasteiger partial charge in [-0.05, 0) is 56.5 Å². The fourth-order valence-electron chi connectivity index (χ4n) is 2.77. The van der Waals surface area contributed by atoms with Crippen LogP contribution in [0.2, 0.25) is 0 Å². The molecule has 0 amide bonds. The summed E-state index contributed by atoms with van der Waals surface area (Å²) in [5.41, 5.74) is 5.29. The van der Waals surface area contributed by atoms with Crippen LogP contribution in [-0.4, -0.2) is 7.11 Å². The number of methoxy groups -OCH3 is 1. The van der Waals surface area contributed by atoms with Gasteiger partial charge in [0.15, 0.2) is 0 Å². The first-order chi connectivity index (χ1) is 10.0. The van der Waals surface area contributed by atoms with Gasteiger partial charge in [-0.25, -0.2) is 0 Å². The third-order valence-corrected chi connectivity index (χ3v) is 4.01. The van der Waals surface area contributed by atoms with Crippen molar-refractivity contribution in [3.63, 3.8) is 0 Å². The number of hydrogen-bond donors (Lipinski definition) is 1. The predicted octanol–water partition coefficient (Wildman–Crippen LogP) is 4.72. The number of benzene rings is 2. The molecule has 2 aromatic rings. The molecule has 2 nitrogen and oxygen atoms in total. The summed E-state index contributed by atoms with van der Waals surface area (Å²) < 4.78 is 5.21. The Bertz CT molecular complexity index is 589. The Balaban J connectivity index is 2.08. The highest BCUT2D eigenvalue weighted by atomic mass is 16.5. The molecule has 0 bridgehead atoms. The number of rotatable bonds is 5. The maximum atomic E-state index is 5.21. The topological polar surface area (TPSA) is 21.3 Å². The molecule has 0 fully saturated rings. The van der Waals surface area contributed by atoms with E-state index in [0.29, 0.717) is 12.1 Å². The molecule has 0 spiro atoms. The SMILES string of the molecule is COc1ccc(C(C)NC(C)c2ccc(C)cc2C)cc1. The second-order valence-corrected chi connectivity index (χ2v) is 5.74. The molecular weight excluding hydrogens is 258 g/mol. The van der Waals surface area contributed by atoms with E-state index in [-0.39, 0.29) is 0 Å². The summed E-state index contributed by atoms with van der Waals surface area (Å²) in [4.78, 5) is 0. The molecule has 2 unspecified atom stereocenters. The summed E-state index contributed by atoms with van der Waals surface area (Å²) in [5, 5.41) is 3.67. The lowest BCUT2D eigenvalue weighted by molar-refractivity contribution is 0.414.